The van der Waals surface area contributed by atoms with E-state index in [1.807, 2.05) is 36.4 Å². The van der Waals surface area contributed by atoms with Crippen molar-refractivity contribution in [3.8, 4) is 17.2 Å². The van der Waals surface area contributed by atoms with Crippen LogP contribution in [-0.4, -0.2) is 20.1 Å². The summed E-state index contributed by atoms with van der Waals surface area (Å²) in [6.07, 6.45) is 0. The van der Waals surface area contributed by atoms with Crippen LogP contribution in [0.15, 0.2) is 71.2 Å². The van der Waals surface area contributed by atoms with Gasteiger partial charge in [0.2, 0.25) is 0 Å². The Morgan fingerprint density at radius 2 is 1.61 bits per heavy atom. The molecule has 0 aliphatic carbocycles. The number of benzene rings is 3. The molecule has 3 rings (SSSR count). The summed E-state index contributed by atoms with van der Waals surface area (Å²) in [6.45, 7) is 0.399. The summed E-state index contributed by atoms with van der Waals surface area (Å²) in [5.41, 5.74) is 2.09. The van der Waals surface area contributed by atoms with Gasteiger partial charge in [0.25, 0.3) is 5.91 Å². The van der Waals surface area contributed by atoms with E-state index in [-0.39, 0.29) is 5.91 Å². The molecule has 144 valence electrons. The molecule has 0 radical (unpaired) electrons. The maximum atomic E-state index is 12.6. The van der Waals surface area contributed by atoms with Crippen molar-refractivity contribution in [3.63, 3.8) is 0 Å². The molecule has 0 saturated heterocycles. The van der Waals surface area contributed by atoms with Crippen LogP contribution in [0.4, 0.5) is 5.69 Å². The lowest BCUT2D eigenvalue weighted by Crippen LogP contribution is -2.13. The Bertz CT molecular complexity index is 957. The number of amides is 1. The predicted octanol–water partition coefficient (Wildman–Crippen LogP) is 5.30. The summed E-state index contributed by atoms with van der Waals surface area (Å²) in [4.78, 5) is 12.6. The van der Waals surface area contributed by atoms with Gasteiger partial charge in [-0.05, 0) is 48.0 Å². The lowest BCUT2D eigenvalue weighted by molar-refractivity contribution is 0.102. The Hall–Kier alpha value is -2.99. The lowest BCUT2D eigenvalue weighted by atomic mass is 10.1. The van der Waals surface area contributed by atoms with Gasteiger partial charge in [-0.2, -0.15) is 0 Å². The average molecular weight is 442 g/mol. The Kier molecular flexibility index (Phi) is 6.55. The van der Waals surface area contributed by atoms with Gasteiger partial charge in [0, 0.05) is 10.0 Å². The van der Waals surface area contributed by atoms with E-state index in [9.17, 15) is 4.79 Å². The van der Waals surface area contributed by atoms with Gasteiger partial charge in [0.1, 0.15) is 12.4 Å². The maximum Gasteiger partial charge on any atom is 0.255 e. The number of carbonyl (C=O) groups is 1. The van der Waals surface area contributed by atoms with E-state index in [1.54, 1.807) is 44.6 Å². The fourth-order valence-electron chi connectivity index (χ4n) is 2.61. The number of para-hydroxylation sites is 2. The standard InChI is InChI=1S/C22H20BrNO4/c1-26-19-6-4-3-5-18(19)24-22(25)16-9-12-20(21(13-16)27-2)28-14-15-7-10-17(23)11-8-15/h3-13H,14H2,1-2H3,(H,24,25). The van der Waals surface area contributed by atoms with Crippen LogP contribution in [0.1, 0.15) is 15.9 Å². The van der Waals surface area contributed by atoms with E-state index in [0.717, 1.165) is 10.0 Å². The number of anilines is 1. The molecular formula is C22H20BrNO4. The van der Waals surface area contributed by atoms with Crippen LogP contribution in [0, 0.1) is 0 Å². The normalized spacial score (nSPS) is 10.2. The smallest absolute Gasteiger partial charge is 0.255 e. The molecule has 0 spiro atoms. The molecule has 0 atom stereocenters. The summed E-state index contributed by atoms with van der Waals surface area (Å²) in [6, 6.07) is 20.2. The summed E-state index contributed by atoms with van der Waals surface area (Å²) in [7, 11) is 3.11. The van der Waals surface area contributed by atoms with E-state index in [2.05, 4.69) is 21.2 Å². The van der Waals surface area contributed by atoms with Crippen molar-refractivity contribution in [2.45, 2.75) is 6.61 Å². The number of carbonyl (C=O) groups excluding carboxylic acids is 1. The molecule has 0 aliphatic rings. The molecular weight excluding hydrogens is 422 g/mol. The third-order valence-corrected chi connectivity index (χ3v) is 4.62. The summed E-state index contributed by atoms with van der Waals surface area (Å²) >= 11 is 3.41. The molecule has 0 unspecified atom stereocenters. The van der Waals surface area contributed by atoms with E-state index in [0.29, 0.717) is 35.1 Å². The molecule has 3 aromatic carbocycles. The van der Waals surface area contributed by atoms with Crippen molar-refractivity contribution in [2.24, 2.45) is 0 Å². The number of ether oxygens (including phenoxy) is 3. The summed E-state index contributed by atoms with van der Waals surface area (Å²) < 4.78 is 17.5. The van der Waals surface area contributed by atoms with Crippen LogP contribution in [0.2, 0.25) is 0 Å². The Morgan fingerprint density at radius 1 is 0.893 bits per heavy atom. The van der Waals surface area contributed by atoms with Gasteiger partial charge in [-0.1, -0.05) is 40.2 Å². The van der Waals surface area contributed by atoms with Crippen LogP contribution in [0.5, 0.6) is 17.2 Å². The van der Waals surface area contributed by atoms with Crippen LogP contribution < -0.4 is 19.5 Å². The van der Waals surface area contributed by atoms with Crippen LogP contribution in [0.3, 0.4) is 0 Å². The van der Waals surface area contributed by atoms with Gasteiger partial charge in [-0.15, -0.1) is 0 Å². The Labute approximate surface area is 172 Å². The molecule has 0 aromatic heterocycles. The quantitative estimate of drug-likeness (QED) is 0.540. The fourth-order valence-corrected chi connectivity index (χ4v) is 2.88. The van der Waals surface area contributed by atoms with Crippen LogP contribution in [0.25, 0.3) is 0 Å². The van der Waals surface area contributed by atoms with Gasteiger partial charge in [0.15, 0.2) is 11.5 Å². The molecule has 1 N–H and O–H groups in total. The molecule has 28 heavy (non-hydrogen) atoms. The second kappa shape index (κ2) is 9.28. The minimum absolute atomic E-state index is 0.262. The second-order valence-electron chi connectivity index (χ2n) is 5.94. The molecule has 3 aromatic rings. The van der Waals surface area contributed by atoms with Crippen molar-refractivity contribution in [3.05, 3.63) is 82.3 Å². The number of nitrogens with one attached hydrogen (secondary N) is 1. The molecule has 1 amide bonds. The molecule has 0 bridgehead atoms. The molecule has 0 aliphatic heterocycles. The minimum atomic E-state index is -0.262. The average Bonchev–Trinajstić information content (AvgIpc) is 2.73. The van der Waals surface area contributed by atoms with Gasteiger partial charge >= 0.3 is 0 Å². The second-order valence-corrected chi connectivity index (χ2v) is 6.85. The monoisotopic (exact) mass is 441 g/mol. The number of halogens is 1. The van der Waals surface area contributed by atoms with Gasteiger partial charge in [-0.25, -0.2) is 0 Å². The van der Waals surface area contributed by atoms with E-state index in [4.69, 9.17) is 14.2 Å². The van der Waals surface area contributed by atoms with Crippen molar-refractivity contribution in [2.75, 3.05) is 19.5 Å². The molecule has 0 fully saturated rings. The lowest BCUT2D eigenvalue weighted by Gasteiger charge is -2.13. The van der Waals surface area contributed by atoms with Crippen LogP contribution in [-0.2, 0) is 6.61 Å². The summed E-state index contributed by atoms with van der Waals surface area (Å²) in [5.74, 6) is 1.39. The largest absolute Gasteiger partial charge is 0.495 e. The third-order valence-electron chi connectivity index (χ3n) is 4.09. The maximum absolute atomic E-state index is 12.6. The first-order chi connectivity index (χ1) is 13.6. The highest BCUT2D eigenvalue weighted by molar-refractivity contribution is 9.10. The molecule has 0 saturated carbocycles. The first kappa shape index (κ1) is 19.8. The summed E-state index contributed by atoms with van der Waals surface area (Å²) in [5, 5.41) is 2.85. The zero-order valence-corrected chi connectivity index (χ0v) is 17.2. The first-order valence-electron chi connectivity index (χ1n) is 8.60. The first-order valence-corrected chi connectivity index (χ1v) is 9.39. The number of rotatable bonds is 7. The number of methoxy groups -OCH3 is 2. The molecule has 5 nitrogen and oxygen atoms in total. The zero-order chi connectivity index (χ0) is 19.9. The van der Waals surface area contributed by atoms with Crippen molar-refractivity contribution in [1.29, 1.82) is 0 Å². The predicted molar refractivity (Wildman–Crippen MR) is 112 cm³/mol. The highest BCUT2D eigenvalue weighted by Gasteiger charge is 2.13. The highest BCUT2D eigenvalue weighted by Crippen LogP contribution is 2.30. The molecule has 6 heteroatoms. The molecule has 0 heterocycles. The van der Waals surface area contributed by atoms with Gasteiger partial charge < -0.3 is 19.5 Å². The van der Waals surface area contributed by atoms with Gasteiger partial charge in [0.05, 0.1) is 19.9 Å². The van der Waals surface area contributed by atoms with E-state index < -0.39 is 0 Å². The zero-order valence-electron chi connectivity index (χ0n) is 15.6. The number of hydrogen-bond donors (Lipinski definition) is 1. The van der Waals surface area contributed by atoms with Crippen molar-refractivity contribution >= 4 is 27.5 Å². The highest BCUT2D eigenvalue weighted by atomic mass is 79.9. The van der Waals surface area contributed by atoms with E-state index >= 15 is 0 Å². The third kappa shape index (κ3) is 4.84. The topological polar surface area (TPSA) is 56.8 Å². The fraction of sp³-hybridized carbons (Fsp3) is 0.136. The van der Waals surface area contributed by atoms with Crippen molar-refractivity contribution < 1.29 is 19.0 Å². The van der Waals surface area contributed by atoms with Gasteiger partial charge in [-0.3, -0.25) is 4.79 Å². The van der Waals surface area contributed by atoms with Crippen molar-refractivity contribution in [1.82, 2.24) is 0 Å². The SMILES string of the molecule is COc1ccccc1NC(=O)c1ccc(OCc2ccc(Br)cc2)c(OC)c1. The Balaban J connectivity index is 1.73. The Morgan fingerprint density at radius 3 is 2.32 bits per heavy atom. The van der Waals surface area contributed by atoms with E-state index in [1.165, 1.54) is 0 Å². The minimum Gasteiger partial charge on any atom is -0.495 e. The van der Waals surface area contributed by atoms with Crippen LogP contribution >= 0.6 is 15.9 Å². The number of hydrogen-bond acceptors (Lipinski definition) is 4.